The Bertz CT molecular complexity index is 860. The summed E-state index contributed by atoms with van der Waals surface area (Å²) >= 11 is 1.31. The van der Waals surface area contributed by atoms with Gasteiger partial charge in [-0.15, -0.1) is 16.4 Å². The number of hydrogen-bond acceptors (Lipinski definition) is 10. The molecule has 0 aliphatic heterocycles. The maximum absolute atomic E-state index is 12.4. The molecule has 0 bridgehead atoms. The van der Waals surface area contributed by atoms with Crippen molar-refractivity contribution in [1.82, 2.24) is 40.5 Å². The maximum Gasteiger partial charge on any atom is 0.263 e. The third-order valence-corrected chi connectivity index (χ3v) is 4.07. The van der Waals surface area contributed by atoms with E-state index >= 15 is 0 Å². The highest BCUT2D eigenvalue weighted by molar-refractivity contribution is 7.12. The van der Waals surface area contributed by atoms with Crippen LogP contribution in [0.2, 0.25) is 0 Å². The molecular formula is C13H16N10OS. The van der Waals surface area contributed by atoms with Gasteiger partial charge in [-0.3, -0.25) is 4.79 Å². The van der Waals surface area contributed by atoms with Gasteiger partial charge >= 0.3 is 0 Å². The summed E-state index contributed by atoms with van der Waals surface area (Å²) in [5.41, 5.74) is 6.32. The number of nitrogen functional groups attached to an aromatic ring is 1. The van der Waals surface area contributed by atoms with Gasteiger partial charge in [0.25, 0.3) is 5.91 Å². The van der Waals surface area contributed by atoms with Crippen molar-refractivity contribution in [3.63, 3.8) is 0 Å². The van der Waals surface area contributed by atoms with Crippen LogP contribution in [-0.2, 0) is 6.42 Å². The zero-order valence-electron chi connectivity index (χ0n) is 13.6. The van der Waals surface area contributed by atoms with E-state index in [0.29, 0.717) is 35.3 Å². The van der Waals surface area contributed by atoms with Crippen LogP contribution in [0.25, 0.3) is 5.69 Å². The minimum absolute atomic E-state index is 0.152. The molecule has 12 heteroatoms. The molecule has 3 heterocycles. The monoisotopic (exact) mass is 360 g/mol. The molecule has 0 saturated carbocycles. The van der Waals surface area contributed by atoms with Gasteiger partial charge in [0.2, 0.25) is 11.9 Å². The van der Waals surface area contributed by atoms with Crippen LogP contribution in [0.3, 0.4) is 0 Å². The maximum atomic E-state index is 12.4. The summed E-state index contributed by atoms with van der Waals surface area (Å²) in [6.45, 7) is 0.363. The van der Waals surface area contributed by atoms with Crippen LogP contribution in [0, 0.1) is 0 Å². The summed E-state index contributed by atoms with van der Waals surface area (Å²) in [5, 5.41) is 15.6. The van der Waals surface area contributed by atoms with Crippen molar-refractivity contribution in [2.75, 3.05) is 31.3 Å². The lowest BCUT2D eigenvalue weighted by Crippen LogP contribution is -2.27. The summed E-state index contributed by atoms with van der Waals surface area (Å²) in [7, 11) is 3.63. The van der Waals surface area contributed by atoms with Gasteiger partial charge in [0.05, 0.1) is 5.69 Å². The Morgan fingerprint density at radius 2 is 2.20 bits per heavy atom. The summed E-state index contributed by atoms with van der Waals surface area (Å²) < 4.78 is 1.45. The Morgan fingerprint density at radius 3 is 2.92 bits per heavy atom. The number of aromatic nitrogens is 7. The van der Waals surface area contributed by atoms with Crippen LogP contribution in [0.4, 0.5) is 11.9 Å². The molecule has 0 fully saturated rings. The Morgan fingerprint density at radius 1 is 1.36 bits per heavy atom. The molecule has 25 heavy (non-hydrogen) atoms. The zero-order valence-corrected chi connectivity index (χ0v) is 14.4. The third kappa shape index (κ3) is 3.85. The van der Waals surface area contributed by atoms with E-state index in [4.69, 9.17) is 5.73 Å². The highest BCUT2D eigenvalue weighted by Gasteiger charge is 2.15. The second kappa shape index (κ2) is 7.17. The van der Waals surface area contributed by atoms with E-state index in [1.807, 2.05) is 19.5 Å². The quantitative estimate of drug-likeness (QED) is 0.596. The SMILES string of the molecule is CN(C)c1nc(N)nc(CCNC(=O)c2sccc2-n2cnnn2)n1. The molecular weight excluding hydrogens is 344 g/mol. The summed E-state index contributed by atoms with van der Waals surface area (Å²) in [4.78, 5) is 27.1. The number of hydrogen-bond donors (Lipinski definition) is 2. The first-order chi connectivity index (χ1) is 12.0. The van der Waals surface area contributed by atoms with Crippen molar-refractivity contribution in [1.29, 1.82) is 0 Å². The van der Waals surface area contributed by atoms with Crippen molar-refractivity contribution in [2.45, 2.75) is 6.42 Å². The fraction of sp³-hybridized carbons (Fsp3) is 0.308. The topological polar surface area (TPSA) is 141 Å². The van der Waals surface area contributed by atoms with Crippen molar-refractivity contribution in [3.05, 3.63) is 28.5 Å². The number of nitrogens with zero attached hydrogens (tertiary/aromatic N) is 8. The Labute approximate surface area is 146 Å². The Hall–Kier alpha value is -3.15. The van der Waals surface area contributed by atoms with E-state index in [1.165, 1.54) is 22.3 Å². The minimum atomic E-state index is -0.213. The van der Waals surface area contributed by atoms with Crippen molar-refractivity contribution in [3.8, 4) is 5.69 Å². The number of nitrogens with two attached hydrogens (primary N) is 1. The predicted octanol–water partition coefficient (Wildman–Crippen LogP) is -0.470. The van der Waals surface area contributed by atoms with Crippen LogP contribution < -0.4 is 16.0 Å². The average Bonchev–Trinajstić information content (AvgIpc) is 3.25. The number of carbonyl (C=O) groups excluding carboxylic acids is 1. The number of tetrazole rings is 1. The molecule has 130 valence electrons. The van der Waals surface area contributed by atoms with E-state index in [1.54, 1.807) is 11.0 Å². The molecule has 0 spiro atoms. The molecule has 3 aromatic heterocycles. The molecule has 1 amide bonds. The lowest BCUT2D eigenvalue weighted by molar-refractivity contribution is 0.0958. The van der Waals surface area contributed by atoms with E-state index in [2.05, 4.69) is 35.8 Å². The Balaban J connectivity index is 1.64. The molecule has 3 rings (SSSR count). The van der Waals surface area contributed by atoms with Crippen LogP contribution in [0.1, 0.15) is 15.5 Å². The molecule has 11 nitrogen and oxygen atoms in total. The number of thiophene rings is 1. The molecule has 0 atom stereocenters. The molecule has 0 aliphatic carbocycles. The van der Waals surface area contributed by atoms with Gasteiger partial charge in [0, 0.05) is 27.1 Å². The second-order valence-corrected chi connectivity index (χ2v) is 6.12. The molecule has 0 radical (unpaired) electrons. The molecule has 0 saturated heterocycles. The van der Waals surface area contributed by atoms with Crippen LogP contribution in [0.15, 0.2) is 17.8 Å². The smallest absolute Gasteiger partial charge is 0.263 e. The largest absolute Gasteiger partial charge is 0.368 e. The summed E-state index contributed by atoms with van der Waals surface area (Å²) in [6.07, 6.45) is 1.88. The van der Waals surface area contributed by atoms with E-state index in [-0.39, 0.29) is 11.9 Å². The molecule has 3 aromatic rings. The molecule has 0 aliphatic rings. The second-order valence-electron chi connectivity index (χ2n) is 5.20. The van der Waals surface area contributed by atoms with E-state index in [9.17, 15) is 4.79 Å². The van der Waals surface area contributed by atoms with Crippen LogP contribution in [-0.4, -0.2) is 61.7 Å². The van der Waals surface area contributed by atoms with Crippen LogP contribution >= 0.6 is 11.3 Å². The van der Waals surface area contributed by atoms with Crippen LogP contribution in [0.5, 0.6) is 0 Å². The first kappa shape index (κ1) is 16.7. The van der Waals surface area contributed by atoms with Gasteiger partial charge in [-0.2, -0.15) is 19.6 Å². The highest BCUT2D eigenvalue weighted by atomic mass is 32.1. The molecule has 0 aromatic carbocycles. The standard InChI is InChI=1S/C13H16N10OS/c1-22(2)13-18-9(17-12(14)19-13)3-5-15-11(24)10-8(4-6-25-10)23-7-16-20-21-23/h4,6-7H,3,5H2,1-2H3,(H,15,24)(H2,14,17,18,19). The minimum Gasteiger partial charge on any atom is -0.368 e. The predicted molar refractivity (Wildman–Crippen MR) is 91.6 cm³/mol. The Kier molecular flexibility index (Phi) is 4.79. The number of carbonyl (C=O) groups is 1. The zero-order chi connectivity index (χ0) is 17.8. The number of amides is 1. The van der Waals surface area contributed by atoms with Crippen molar-refractivity contribution < 1.29 is 4.79 Å². The van der Waals surface area contributed by atoms with Gasteiger partial charge in [-0.05, 0) is 21.9 Å². The first-order valence-corrected chi connectivity index (χ1v) is 8.19. The van der Waals surface area contributed by atoms with Gasteiger partial charge in [0.1, 0.15) is 17.0 Å². The third-order valence-electron chi connectivity index (χ3n) is 3.17. The van der Waals surface area contributed by atoms with Crippen molar-refractivity contribution in [2.24, 2.45) is 0 Å². The van der Waals surface area contributed by atoms with Crippen molar-refractivity contribution >= 4 is 29.1 Å². The van der Waals surface area contributed by atoms with Gasteiger partial charge in [-0.25, -0.2) is 0 Å². The molecule has 3 N–H and O–H groups in total. The average molecular weight is 360 g/mol. The first-order valence-electron chi connectivity index (χ1n) is 7.31. The van der Waals surface area contributed by atoms with E-state index in [0.717, 1.165) is 0 Å². The van der Waals surface area contributed by atoms with Gasteiger partial charge in [0.15, 0.2) is 0 Å². The lowest BCUT2D eigenvalue weighted by Gasteiger charge is -2.11. The van der Waals surface area contributed by atoms with Gasteiger partial charge < -0.3 is 16.0 Å². The molecule has 0 unspecified atom stereocenters. The number of nitrogens with one attached hydrogen (secondary N) is 1. The lowest BCUT2D eigenvalue weighted by atomic mass is 10.3. The van der Waals surface area contributed by atoms with Gasteiger partial charge in [-0.1, -0.05) is 0 Å². The summed E-state index contributed by atoms with van der Waals surface area (Å²) in [5.74, 6) is 0.936. The number of rotatable bonds is 6. The van der Waals surface area contributed by atoms with E-state index < -0.39 is 0 Å². The number of anilines is 2. The fourth-order valence-electron chi connectivity index (χ4n) is 2.03. The highest BCUT2D eigenvalue weighted by Crippen LogP contribution is 2.19. The summed E-state index contributed by atoms with van der Waals surface area (Å²) in [6, 6.07) is 1.78. The fourth-order valence-corrected chi connectivity index (χ4v) is 2.82. The normalized spacial score (nSPS) is 10.6.